The summed E-state index contributed by atoms with van der Waals surface area (Å²) < 4.78 is 1.52. The first-order chi connectivity index (χ1) is 9.59. The van der Waals surface area contributed by atoms with Crippen molar-refractivity contribution >= 4 is 11.6 Å². The van der Waals surface area contributed by atoms with Crippen molar-refractivity contribution < 1.29 is 4.79 Å². The van der Waals surface area contributed by atoms with Crippen LogP contribution in [0, 0.1) is 0 Å². The lowest BCUT2D eigenvalue weighted by atomic mass is 9.93. The van der Waals surface area contributed by atoms with E-state index in [0.29, 0.717) is 18.5 Å². The molecule has 0 fully saturated rings. The number of nitrogens with zero attached hydrogens (tertiary/aromatic N) is 4. The summed E-state index contributed by atoms with van der Waals surface area (Å²) in [5.41, 5.74) is 6.66. The Labute approximate surface area is 117 Å². The third-order valence-electron chi connectivity index (χ3n) is 3.43. The number of tetrazole rings is 1. The first-order valence-electron chi connectivity index (χ1n) is 6.53. The van der Waals surface area contributed by atoms with Gasteiger partial charge in [0.05, 0.1) is 11.2 Å². The van der Waals surface area contributed by atoms with E-state index in [9.17, 15) is 4.79 Å². The van der Waals surface area contributed by atoms with Crippen LogP contribution in [0.15, 0.2) is 30.6 Å². The smallest absolute Gasteiger partial charge is 0.244 e. The fourth-order valence-electron chi connectivity index (χ4n) is 1.83. The number of aromatic nitrogens is 4. The predicted molar refractivity (Wildman–Crippen MR) is 75.3 cm³/mol. The summed E-state index contributed by atoms with van der Waals surface area (Å²) in [6.45, 7) is 3.81. The Hall–Kier alpha value is -2.28. The molecule has 20 heavy (non-hydrogen) atoms. The van der Waals surface area contributed by atoms with Crippen LogP contribution in [0.2, 0.25) is 0 Å². The molecule has 1 aromatic carbocycles. The van der Waals surface area contributed by atoms with E-state index < -0.39 is 5.54 Å². The summed E-state index contributed by atoms with van der Waals surface area (Å²) >= 11 is 0. The lowest BCUT2D eigenvalue weighted by Crippen LogP contribution is -2.50. The highest BCUT2D eigenvalue weighted by molar-refractivity contribution is 5.98. The van der Waals surface area contributed by atoms with Crippen LogP contribution < -0.4 is 11.1 Å². The average molecular weight is 274 g/mol. The minimum atomic E-state index is -0.842. The molecule has 7 heteroatoms. The third-order valence-corrected chi connectivity index (χ3v) is 3.43. The molecule has 0 saturated carbocycles. The van der Waals surface area contributed by atoms with E-state index in [1.54, 1.807) is 12.1 Å². The molecule has 0 unspecified atom stereocenters. The molecule has 1 heterocycles. The lowest BCUT2D eigenvalue weighted by molar-refractivity contribution is -0.121. The average Bonchev–Trinajstić information content (AvgIpc) is 3.01. The lowest BCUT2D eigenvalue weighted by Gasteiger charge is -2.25. The fraction of sp³-hybridized carbons (Fsp3) is 0.385. The molecule has 0 radical (unpaired) electrons. The SMILES string of the molecule is CCC(N)(CC)C(=O)Nc1cccc(-n2cnnn2)c1. The molecule has 7 nitrogen and oxygen atoms in total. The zero-order chi connectivity index (χ0) is 14.6. The van der Waals surface area contributed by atoms with Gasteiger partial charge >= 0.3 is 0 Å². The quantitative estimate of drug-likeness (QED) is 0.851. The Morgan fingerprint density at radius 2 is 2.15 bits per heavy atom. The Bertz CT molecular complexity index is 576. The maximum Gasteiger partial charge on any atom is 0.244 e. The Kier molecular flexibility index (Phi) is 4.09. The van der Waals surface area contributed by atoms with Crippen LogP contribution >= 0.6 is 0 Å². The number of anilines is 1. The number of rotatable bonds is 5. The zero-order valence-corrected chi connectivity index (χ0v) is 11.6. The van der Waals surface area contributed by atoms with Crippen molar-refractivity contribution in [1.29, 1.82) is 0 Å². The van der Waals surface area contributed by atoms with E-state index in [0.717, 1.165) is 5.69 Å². The maximum atomic E-state index is 12.2. The van der Waals surface area contributed by atoms with Gasteiger partial charge in [0.25, 0.3) is 0 Å². The van der Waals surface area contributed by atoms with E-state index in [2.05, 4.69) is 20.8 Å². The zero-order valence-electron chi connectivity index (χ0n) is 11.6. The van der Waals surface area contributed by atoms with Crippen LogP contribution in [-0.2, 0) is 4.79 Å². The van der Waals surface area contributed by atoms with Gasteiger partial charge in [-0.1, -0.05) is 19.9 Å². The molecule has 0 aliphatic heterocycles. The van der Waals surface area contributed by atoms with Crippen LogP contribution in [0.3, 0.4) is 0 Å². The first-order valence-corrected chi connectivity index (χ1v) is 6.53. The number of hydrogen-bond donors (Lipinski definition) is 2. The van der Waals surface area contributed by atoms with E-state index >= 15 is 0 Å². The van der Waals surface area contributed by atoms with E-state index in [4.69, 9.17) is 5.73 Å². The monoisotopic (exact) mass is 274 g/mol. The van der Waals surface area contributed by atoms with E-state index in [-0.39, 0.29) is 5.91 Å². The molecular formula is C13H18N6O. The molecule has 2 rings (SSSR count). The molecule has 2 aromatic rings. The van der Waals surface area contributed by atoms with Crippen LogP contribution in [0.4, 0.5) is 5.69 Å². The third kappa shape index (κ3) is 2.83. The number of nitrogens with two attached hydrogens (primary N) is 1. The summed E-state index contributed by atoms with van der Waals surface area (Å²) in [5.74, 6) is -0.184. The molecule has 0 saturated heterocycles. The van der Waals surface area contributed by atoms with Gasteiger partial charge in [0.1, 0.15) is 6.33 Å². The second-order valence-electron chi connectivity index (χ2n) is 4.62. The molecule has 0 aliphatic rings. The van der Waals surface area contributed by atoms with Crippen molar-refractivity contribution in [3.05, 3.63) is 30.6 Å². The highest BCUT2D eigenvalue weighted by atomic mass is 16.2. The maximum absolute atomic E-state index is 12.2. The summed E-state index contributed by atoms with van der Waals surface area (Å²) in [6.07, 6.45) is 2.66. The number of nitrogens with one attached hydrogen (secondary N) is 1. The van der Waals surface area contributed by atoms with Gasteiger partial charge in [-0.3, -0.25) is 4.79 Å². The van der Waals surface area contributed by atoms with Gasteiger partial charge in [-0.15, -0.1) is 5.10 Å². The molecule has 0 bridgehead atoms. The predicted octanol–water partition coefficient (Wildman–Crippen LogP) is 1.12. The van der Waals surface area contributed by atoms with E-state index in [1.165, 1.54) is 11.0 Å². The number of carbonyl (C=O) groups is 1. The second-order valence-corrected chi connectivity index (χ2v) is 4.62. The molecule has 0 spiro atoms. The Morgan fingerprint density at radius 3 is 2.75 bits per heavy atom. The van der Waals surface area contributed by atoms with Gasteiger partial charge in [0.15, 0.2) is 0 Å². The van der Waals surface area contributed by atoms with Crippen molar-refractivity contribution in [3.8, 4) is 5.69 Å². The highest BCUT2D eigenvalue weighted by Crippen LogP contribution is 2.17. The molecule has 3 N–H and O–H groups in total. The molecule has 1 aromatic heterocycles. The van der Waals surface area contributed by atoms with Gasteiger partial charge in [-0.25, -0.2) is 4.68 Å². The van der Waals surface area contributed by atoms with Crippen molar-refractivity contribution in [1.82, 2.24) is 20.2 Å². The van der Waals surface area contributed by atoms with Gasteiger partial charge in [0.2, 0.25) is 5.91 Å². The van der Waals surface area contributed by atoms with Crippen LogP contribution in [0.1, 0.15) is 26.7 Å². The highest BCUT2D eigenvalue weighted by Gasteiger charge is 2.29. The molecule has 0 aliphatic carbocycles. The van der Waals surface area contributed by atoms with Gasteiger partial charge < -0.3 is 11.1 Å². The number of carbonyl (C=O) groups excluding carboxylic acids is 1. The number of benzene rings is 1. The van der Waals surface area contributed by atoms with Crippen LogP contribution in [0.5, 0.6) is 0 Å². The number of amides is 1. The standard InChI is InChI=1S/C13H18N6O/c1-3-13(14,4-2)12(20)16-10-6-5-7-11(8-10)19-9-15-17-18-19/h5-9H,3-4,14H2,1-2H3,(H,16,20). The van der Waals surface area contributed by atoms with E-state index in [1.807, 2.05) is 26.0 Å². The first kappa shape index (κ1) is 14.1. The molecule has 106 valence electrons. The fourth-order valence-corrected chi connectivity index (χ4v) is 1.83. The molecular weight excluding hydrogens is 256 g/mol. The minimum absolute atomic E-state index is 0.184. The summed E-state index contributed by atoms with van der Waals surface area (Å²) in [7, 11) is 0. The second kappa shape index (κ2) is 5.79. The normalized spacial score (nSPS) is 11.3. The minimum Gasteiger partial charge on any atom is -0.324 e. The summed E-state index contributed by atoms with van der Waals surface area (Å²) in [4.78, 5) is 12.2. The van der Waals surface area contributed by atoms with Crippen molar-refractivity contribution in [3.63, 3.8) is 0 Å². The van der Waals surface area contributed by atoms with Crippen LogP contribution in [-0.4, -0.2) is 31.7 Å². The Morgan fingerprint density at radius 1 is 1.40 bits per heavy atom. The van der Waals surface area contributed by atoms with Crippen molar-refractivity contribution in [2.75, 3.05) is 5.32 Å². The van der Waals surface area contributed by atoms with Crippen LogP contribution in [0.25, 0.3) is 5.69 Å². The van der Waals surface area contributed by atoms with Gasteiger partial charge in [-0.05, 0) is 41.5 Å². The van der Waals surface area contributed by atoms with Gasteiger partial charge in [-0.2, -0.15) is 0 Å². The molecule has 1 amide bonds. The summed E-state index contributed by atoms with van der Waals surface area (Å²) in [6, 6.07) is 7.27. The largest absolute Gasteiger partial charge is 0.324 e. The summed E-state index contributed by atoms with van der Waals surface area (Å²) in [5, 5.41) is 13.8. The molecule has 0 atom stereocenters. The Balaban J connectivity index is 2.19. The number of hydrogen-bond acceptors (Lipinski definition) is 5. The van der Waals surface area contributed by atoms with Gasteiger partial charge in [0, 0.05) is 5.69 Å². The van der Waals surface area contributed by atoms with Crippen molar-refractivity contribution in [2.45, 2.75) is 32.2 Å². The topological polar surface area (TPSA) is 98.7 Å². The van der Waals surface area contributed by atoms with Crippen molar-refractivity contribution in [2.24, 2.45) is 5.73 Å².